The highest BCUT2D eigenvalue weighted by atomic mass is 16.7. The molecule has 0 aromatic heterocycles. The van der Waals surface area contributed by atoms with Crippen molar-refractivity contribution in [1.29, 1.82) is 0 Å². The van der Waals surface area contributed by atoms with E-state index in [1.165, 1.54) is 11.8 Å². The zero-order valence-electron chi connectivity index (χ0n) is 35.4. The number of nitrogens with zero attached hydrogens (tertiary/aromatic N) is 3. The zero-order valence-corrected chi connectivity index (χ0v) is 35.4. The molecule has 2 N–H and O–H groups in total. The second-order valence-corrected chi connectivity index (χ2v) is 16.9. The standard InChI is InChI=1S/C43H60N4O11/c1-11-32-43(8)36-26(4)33(48)24(2)21-42(7,37(27(5)34(49)28(6)38(51)55-32)56-39-35(50)31(46(9)10)20-25(3)54-39)57-40(52)45-22-30(23-47(36)41(53)58-43)44-19-15-18-29-16-13-12-14-17-29/h12-14,16-17,24-28,31-32,35-37,39,50H,11,19-23H2,1-10H3,(H,45,52)/t24-,25-,26+,27+,28-,31+,32-,35-,36+,37-,39+,42-,43-/m1/s1. The van der Waals surface area contributed by atoms with Gasteiger partial charge in [0.1, 0.15) is 42.2 Å². The predicted octanol–water partition coefficient (Wildman–Crippen LogP) is 3.78. The lowest BCUT2D eigenvalue weighted by molar-refractivity contribution is -0.292. The van der Waals surface area contributed by atoms with Crippen molar-refractivity contribution in [3.63, 3.8) is 0 Å². The van der Waals surface area contributed by atoms with Crippen LogP contribution in [0.1, 0.15) is 80.2 Å². The van der Waals surface area contributed by atoms with Crippen LogP contribution in [0.25, 0.3) is 0 Å². The van der Waals surface area contributed by atoms with E-state index in [4.69, 9.17) is 23.7 Å². The molecule has 0 radical (unpaired) electrons. The Morgan fingerprint density at radius 3 is 2.34 bits per heavy atom. The van der Waals surface area contributed by atoms with Gasteiger partial charge in [0.15, 0.2) is 17.7 Å². The molecule has 318 valence electrons. The maximum atomic E-state index is 14.8. The van der Waals surface area contributed by atoms with Crippen LogP contribution in [0.2, 0.25) is 0 Å². The average Bonchev–Trinajstić information content (AvgIpc) is 3.43. The number of rotatable bonds is 5. The van der Waals surface area contributed by atoms with Crippen LogP contribution in [0, 0.1) is 35.5 Å². The molecular formula is C43H60N4O11. The number of hydrogen-bond acceptors (Lipinski definition) is 13. The molecule has 4 aliphatic heterocycles. The summed E-state index contributed by atoms with van der Waals surface area (Å²) in [5, 5.41) is 14.3. The lowest BCUT2D eigenvalue weighted by Crippen LogP contribution is -2.60. The van der Waals surface area contributed by atoms with Crippen LogP contribution in [-0.2, 0) is 38.1 Å². The van der Waals surface area contributed by atoms with Gasteiger partial charge in [0.25, 0.3) is 0 Å². The highest BCUT2D eigenvalue weighted by Gasteiger charge is 2.61. The van der Waals surface area contributed by atoms with E-state index in [1.54, 1.807) is 41.5 Å². The Kier molecular flexibility index (Phi) is 14.1. The Morgan fingerprint density at radius 1 is 1.00 bits per heavy atom. The summed E-state index contributed by atoms with van der Waals surface area (Å²) in [6, 6.07) is 8.01. The number of nitrogens with one attached hydrogen (secondary N) is 1. The molecule has 2 amide bonds. The quantitative estimate of drug-likeness (QED) is 0.191. The van der Waals surface area contributed by atoms with Crippen LogP contribution in [-0.4, -0.2) is 138 Å². The third-order valence-corrected chi connectivity index (χ3v) is 12.2. The number of fused-ring (bicyclic) bond motifs is 4. The summed E-state index contributed by atoms with van der Waals surface area (Å²) in [6.45, 7) is 12.9. The number of esters is 1. The number of hydrogen-bond donors (Lipinski definition) is 2. The fourth-order valence-corrected chi connectivity index (χ4v) is 9.14. The lowest BCUT2D eigenvalue weighted by atomic mass is 9.73. The Labute approximate surface area is 341 Å². The lowest BCUT2D eigenvalue weighted by Gasteiger charge is -2.47. The Bertz CT molecular complexity index is 1790. The molecule has 5 rings (SSSR count). The molecule has 4 fully saturated rings. The minimum atomic E-state index is -1.73. The summed E-state index contributed by atoms with van der Waals surface area (Å²) in [5.74, 6) is 0.105. The molecule has 1 aromatic rings. The summed E-state index contributed by atoms with van der Waals surface area (Å²) < 4.78 is 31.2. The first-order valence-electron chi connectivity index (χ1n) is 20.3. The highest BCUT2D eigenvalue weighted by Crippen LogP contribution is 2.43. The fourth-order valence-electron chi connectivity index (χ4n) is 9.14. The van der Waals surface area contributed by atoms with Gasteiger partial charge in [0.05, 0.1) is 30.9 Å². The van der Waals surface area contributed by atoms with Gasteiger partial charge in [-0.1, -0.05) is 57.7 Å². The first-order chi connectivity index (χ1) is 27.3. The van der Waals surface area contributed by atoms with Gasteiger partial charge in [-0.3, -0.25) is 24.3 Å². The normalized spacial score (nSPS) is 38.5. The molecule has 15 heteroatoms. The molecule has 0 unspecified atom stereocenters. The van der Waals surface area contributed by atoms with Crippen molar-refractivity contribution in [2.24, 2.45) is 28.7 Å². The smallest absolute Gasteiger partial charge is 0.411 e. The molecule has 1 aromatic carbocycles. The SMILES string of the molecule is CC[C@H]1OC(=O)[C@H](C)C(=O)[C@H](C)[C@@H](O[C@@H]2O[C@H](C)C[C@H](N(C)C)[C@H]2O)[C@@]2(C)C[C@@H](C)C(=O)[C@H](C)[C@@H]3N(CC(=NCC#Cc4ccccc4)CNC(=O)O2)C(=O)O[C@@]31C. The van der Waals surface area contributed by atoms with Crippen molar-refractivity contribution in [3.05, 3.63) is 35.9 Å². The van der Waals surface area contributed by atoms with Crippen LogP contribution < -0.4 is 5.32 Å². The molecule has 15 nitrogen and oxygen atoms in total. The van der Waals surface area contributed by atoms with Crippen molar-refractivity contribution in [2.75, 3.05) is 33.7 Å². The summed E-state index contributed by atoms with van der Waals surface area (Å²) in [7, 11) is 3.66. The molecule has 0 saturated carbocycles. The molecule has 0 aliphatic carbocycles. The molecule has 4 aliphatic rings. The van der Waals surface area contributed by atoms with Crippen molar-refractivity contribution < 1.29 is 52.8 Å². The van der Waals surface area contributed by atoms with Gasteiger partial charge in [0.2, 0.25) is 0 Å². The van der Waals surface area contributed by atoms with Gasteiger partial charge in [0, 0.05) is 29.4 Å². The molecule has 4 heterocycles. The van der Waals surface area contributed by atoms with Crippen LogP contribution in [0.15, 0.2) is 35.3 Å². The van der Waals surface area contributed by atoms with Gasteiger partial charge in [-0.25, -0.2) is 9.59 Å². The number of Topliss-reactive ketones (excluding diaryl/α,β-unsaturated/α-hetero) is 2. The first kappa shape index (κ1) is 44.7. The van der Waals surface area contributed by atoms with Gasteiger partial charge < -0.3 is 39.0 Å². The fraction of sp³-hybridized carbons (Fsp3) is 0.674. The van der Waals surface area contributed by atoms with E-state index < -0.39 is 89.5 Å². The third kappa shape index (κ3) is 9.41. The van der Waals surface area contributed by atoms with E-state index in [9.17, 15) is 29.1 Å². The number of benzene rings is 1. The molecule has 2 bridgehead atoms. The number of aliphatic imine (C=N–C) groups is 1. The molecule has 58 heavy (non-hydrogen) atoms. The molecule has 0 spiro atoms. The van der Waals surface area contributed by atoms with Crippen molar-refractivity contribution in [1.82, 2.24) is 15.1 Å². The van der Waals surface area contributed by atoms with E-state index in [-0.39, 0.29) is 50.4 Å². The number of aliphatic hydroxyl groups excluding tert-OH is 1. The maximum Gasteiger partial charge on any atom is 0.411 e. The minimum Gasteiger partial charge on any atom is -0.458 e. The van der Waals surface area contributed by atoms with E-state index in [2.05, 4.69) is 22.2 Å². The molecular weight excluding hydrogens is 748 g/mol. The number of ether oxygens (including phenoxy) is 5. The predicted molar refractivity (Wildman–Crippen MR) is 213 cm³/mol. The van der Waals surface area contributed by atoms with Gasteiger partial charge >= 0.3 is 18.2 Å². The summed E-state index contributed by atoms with van der Waals surface area (Å²) in [6.07, 6.45) is -6.30. The zero-order chi connectivity index (χ0) is 42.7. The van der Waals surface area contributed by atoms with Crippen LogP contribution in [0.4, 0.5) is 9.59 Å². The van der Waals surface area contributed by atoms with Gasteiger partial charge in [-0.2, -0.15) is 0 Å². The number of aliphatic hydroxyl groups is 1. The molecule has 4 saturated heterocycles. The van der Waals surface area contributed by atoms with Crippen molar-refractivity contribution in [3.8, 4) is 11.8 Å². The Morgan fingerprint density at radius 2 is 1.69 bits per heavy atom. The Hall–Kier alpha value is -4.36. The maximum absolute atomic E-state index is 14.8. The summed E-state index contributed by atoms with van der Waals surface area (Å²) in [5.41, 5.74) is -2.15. The highest BCUT2D eigenvalue weighted by molar-refractivity contribution is 6.00. The monoisotopic (exact) mass is 808 g/mol. The number of likely N-dealkylation sites (N-methyl/N-ethyl adjacent to an activating group) is 1. The second-order valence-electron chi connectivity index (χ2n) is 16.9. The minimum absolute atomic E-state index is 0.0215. The van der Waals surface area contributed by atoms with Crippen molar-refractivity contribution in [2.45, 2.75) is 129 Å². The largest absolute Gasteiger partial charge is 0.458 e. The number of cyclic esters (lactones) is 1. The topological polar surface area (TPSA) is 183 Å². The first-order valence-corrected chi connectivity index (χ1v) is 20.3. The van der Waals surface area contributed by atoms with Crippen LogP contribution >= 0.6 is 0 Å². The van der Waals surface area contributed by atoms with Crippen LogP contribution in [0.3, 0.4) is 0 Å². The number of carbonyl (C=O) groups is 5. The second kappa shape index (κ2) is 18.3. The van der Waals surface area contributed by atoms with E-state index in [0.29, 0.717) is 12.1 Å². The summed E-state index contributed by atoms with van der Waals surface area (Å²) >= 11 is 0. The third-order valence-electron chi connectivity index (χ3n) is 12.2. The van der Waals surface area contributed by atoms with Gasteiger partial charge in [-0.15, -0.1) is 0 Å². The number of carbonyl (C=O) groups excluding carboxylic acids is 5. The average molecular weight is 809 g/mol. The van der Waals surface area contributed by atoms with Crippen LogP contribution in [0.5, 0.6) is 0 Å². The Balaban J connectivity index is 1.67. The van der Waals surface area contributed by atoms with E-state index >= 15 is 0 Å². The number of amides is 2. The van der Waals surface area contributed by atoms with E-state index in [1.807, 2.05) is 56.3 Å². The van der Waals surface area contributed by atoms with E-state index in [0.717, 1.165) is 5.56 Å². The number of ketones is 2. The number of alkyl carbamates (subject to hydrolysis) is 1. The molecule has 13 atom stereocenters. The van der Waals surface area contributed by atoms with Crippen molar-refractivity contribution >= 4 is 35.4 Å². The van der Waals surface area contributed by atoms with Gasteiger partial charge in [-0.05, 0) is 73.2 Å². The summed E-state index contributed by atoms with van der Waals surface area (Å²) in [4.78, 5) is 79.1.